The van der Waals surface area contributed by atoms with Gasteiger partial charge in [-0.25, -0.2) is 0 Å². The first-order chi connectivity index (χ1) is 5.68. The smallest absolute Gasteiger partial charge is 0.104 e. The minimum absolute atomic E-state index is 0.184. The van der Waals surface area contributed by atoms with Crippen LogP contribution in [-0.4, -0.2) is 38.1 Å². The van der Waals surface area contributed by atoms with Gasteiger partial charge >= 0.3 is 0 Å². The van der Waals surface area contributed by atoms with Crippen molar-refractivity contribution < 1.29 is 14.2 Å². The van der Waals surface area contributed by atoms with E-state index in [1.165, 1.54) is 0 Å². The summed E-state index contributed by atoms with van der Waals surface area (Å²) in [4.78, 5) is 0. The summed E-state index contributed by atoms with van der Waals surface area (Å²) in [6, 6.07) is 0. The Morgan fingerprint density at radius 3 is 2.58 bits per heavy atom. The van der Waals surface area contributed by atoms with Crippen molar-refractivity contribution in [2.24, 2.45) is 0 Å². The first kappa shape index (κ1) is 9.96. The van der Waals surface area contributed by atoms with Crippen molar-refractivity contribution in [3.05, 3.63) is 0 Å². The van der Waals surface area contributed by atoms with Crippen LogP contribution in [0, 0.1) is 0 Å². The molecule has 72 valence electrons. The van der Waals surface area contributed by atoms with E-state index in [0.717, 1.165) is 6.61 Å². The van der Waals surface area contributed by atoms with Gasteiger partial charge in [-0.2, -0.15) is 0 Å². The Hall–Kier alpha value is -0.120. The molecule has 12 heavy (non-hydrogen) atoms. The van der Waals surface area contributed by atoms with Gasteiger partial charge in [0.1, 0.15) is 6.10 Å². The highest BCUT2D eigenvalue weighted by atomic mass is 16.6. The van der Waals surface area contributed by atoms with Gasteiger partial charge < -0.3 is 14.2 Å². The molecule has 0 amide bonds. The Morgan fingerprint density at radius 1 is 1.42 bits per heavy atom. The minimum atomic E-state index is 0.184. The van der Waals surface area contributed by atoms with Crippen LogP contribution in [0.3, 0.4) is 0 Å². The number of ether oxygens (including phenoxy) is 3. The fourth-order valence-electron chi connectivity index (χ4n) is 1.03. The normalized spacial score (nSPS) is 24.5. The van der Waals surface area contributed by atoms with E-state index in [1.54, 1.807) is 0 Å². The highest BCUT2D eigenvalue weighted by molar-refractivity contribution is 4.67. The molecule has 0 aliphatic carbocycles. The highest BCUT2D eigenvalue weighted by Gasteiger charge is 2.22. The van der Waals surface area contributed by atoms with E-state index in [0.29, 0.717) is 19.3 Å². The van der Waals surface area contributed by atoms with Gasteiger partial charge in [0.15, 0.2) is 0 Å². The molecular formula is C9H18O3. The van der Waals surface area contributed by atoms with E-state index < -0.39 is 0 Å². The summed E-state index contributed by atoms with van der Waals surface area (Å²) in [5.41, 5.74) is 0. The molecule has 0 N–H and O–H groups in total. The van der Waals surface area contributed by atoms with E-state index in [2.05, 4.69) is 0 Å². The summed E-state index contributed by atoms with van der Waals surface area (Å²) < 4.78 is 15.9. The summed E-state index contributed by atoms with van der Waals surface area (Å²) in [7, 11) is 0. The lowest BCUT2D eigenvalue weighted by atomic mass is 10.4. The van der Waals surface area contributed by atoms with E-state index in [1.807, 2.05) is 20.8 Å². The molecule has 1 heterocycles. The average molecular weight is 174 g/mol. The highest BCUT2D eigenvalue weighted by Crippen LogP contribution is 2.09. The first-order valence-corrected chi connectivity index (χ1v) is 4.53. The number of rotatable bonds is 6. The quantitative estimate of drug-likeness (QED) is 0.567. The van der Waals surface area contributed by atoms with Gasteiger partial charge in [0, 0.05) is 0 Å². The van der Waals surface area contributed by atoms with E-state index in [-0.39, 0.29) is 12.2 Å². The third-order valence-electron chi connectivity index (χ3n) is 1.56. The number of epoxide rings is 1. The van der Waals surface area contributed by atoms with Gasteiger partial charge in [-0.15, -0.1) is 0 Å². The molecule has 3 heteroatoms. The molecule has 0 spiro atoms. The van der Waals surface area contributed by atoms with Gasteiger partial charge in [0.05, 0.1) is 32.0 Å². The largest absolute Gasteiger partial charge is 0.376 e. The maximum Gasteiger partial charge on any atom is 0.104 e. The summed E-state index contributed by atoms with van der Waals surface area (Å²) in [6.45, 7) is 8.32. The Morgan fingerprint density at radius 2 is 2.08 bits per heavy atom. The lowest BCUT2D eigenvalue weighted by Gasteiger charge is -2.15. The molecule has 2 unspecified atom stereocenters. The van der Waals surface area contributed by atoms with Crippen molar-refractivity contribution in [2.45, 2.75) is 39.1 Å². The summed E-state index contributed by atoms with van der Waals surface area (Å²) in [6.07, 6.45) is 0.820. The second-order valence-electron chi connectivity index (χ2n) is 3.49. The molecule has 1 saturated heterocycles. The Labute approximate surface area is 74.0 Å². The lowest BCUT2D eigenvalue weighted by Crippen LogP contribution is -2.21. The Balaban J connectivity index is 1.89. The second kappa shape index (κ2) is 4.80. The zero-order valence-electron chi connectivity index (χ0n) is 8.08. The van der Waals surface area contributed by atoms with Gasteiger partial charge in [0.25, 0.3) is 0 Å². The van der Waals surface area contributed by atoms with Crippen molar-refractivity contribution in [1.82, 2.24) is 0 Å². The Bertz CT molecular complexity index is 121. The number of hydrogen-bond acceptors (Lipinski definition) is 3. The number of hydrogen-bond donors (Lipinski definition) is 0. The summed E-state index contributed by atoms with van der Waals surface area (Å²) in [5.74, 6) is 0. The van der Waals surface area contributed by atoms with Crippen LogP contribution in [0.2, 0.25) is 0 Å². The molecule has 1 rings (SSSR count). The molecule has 0 saturated carbocycles. The monoisotopic (exact) mass is 174 g/mol. The molecule has 1 aliphatic heterocycles. The van der Waals surface area contributed by atoms with Crippen molar-refractivity contribution in [3.63, 3.8) is 0 Å². The maximum absolute atomic E-state index is 5.49. The standard InChI is InChI=1S/C9H18O3/c1-7(2)12-8(3)4-10-5-9-6-11-9/h7-9H,4-6H2,1-3H3. The van der Waals surface area contributed by atoms with Gasteiger partial charge in [0.2, 0.25) is 0 Å². The minimum Gasteiger partial charge on any atom is -0.376 e. The summed E-state index contributed by atoms with van der Waals surface area (Å²) in [5, 5.41) is 0. The molecule has 0 radical (unpaired) electrons. The van der Waals surface area contributed by atoms with Gasteiger partial charge in [-0.05, 0) is 20.8 Å². The molecular weight excluding hydrogens is 156 g/mol. The first-order valence-electron chi connectivity index (χ1n) is 4.53. The van der Waals surface area contributed by atoms with Crippen LogP contribution in [0.5, 0.6) is 0 Å². The fraction of sp³-hybridized carbons (Fsp3) is 1.00. The zero-order valence-corrected chi connectivity index (χ0v) is 8.08. The van der Waals surface area contributed by atoms with Crippen molar-refractivity contribution >= 4 is 0 Å². The molecule has 2 atom stereocenters. The van der Waals surface area contributed by atoms with Crippen molar-refractivity contribution in [2.75, 3.05) is 19.8 Å². The van der Waals surface area contributed by atoms with E-state index >= 15 is 0 Å². The zero-order chi connectivity index (χ0) is 8.97. The SMILES string of the molecule is CC(C)OC(C)COCC1CO1. The van der Waals surface area contributed by atoms with Crippen LogP contribution in [0.15, 0.2) is 0 Å². The summed E-state index contributed by atoms with van der Waals surface area (Å²) >= 11 is 0. The van der Waals surface area contributed by atoms with Crippen LogP contribution >= 0.6 is 0 Å². The predicted octanol–water partition coefficient (Wildman–Crippen LogP) is 1.22. The average Bonchev–Trinajstić information content (AvgIpc) is 2.69. The van der Waals surface area contributed by atoms with Crippen LogP contribution in [0.4, 0.5) is 0 Å². The maximum atomic E-state index is 5.49. The predicted molar refractivity (Wildman–Crippen MR) is 46.2 cm³/mol. The van der Waals surface area contributed by atoms with E-state index in [4.69, 9.17) is 14.2 Å². The van der Waals surface area contributed by atoms with Crippen LogP contribution in [0.25, 0.3) is 0 Å². The molecule has 3 nitrogen and oxygen atoms in total. The molecule has 0 aromatic heterocycles. The van der Waals surface area contributed by atoms with Crippen LogP contribution < -0.4 is 0 Å². The van der Waals surface area contributed by atoms with Crippen molar-refractivity contribution in [3.8, 4) is 0 Å². The molecule has 0 aromatic carbocycles. The second-order valence-corrected chi connectivity index (χ2v) is 3.49. The van der Waals surface area contributed by atoms with Gasteiger partial charge in [-0.3, -0.25) is 0 Å². The van der Waals surface area contributed by atoms with Gasteiger partial charge in [-0.1, -0.05) is 0 Å². The fourth-order valence-corrected chi connectivity index (χ4v) is 1.03. The lowest BCUT2D eigenvalue weighted by molar-refractivity contribution is -0.0369. The third-order valence-corrected chi connectivity index (χ3v) is 1.56. The molecule has 1 aliphatic rings. The van der Waals surface area contributed by atoms with Crippen LogP contribution in [0.1, 0.15) is 20.8 Å². The van der Waals surface area contributed by atoms with Crippen molar-refractivity contribution in [1.29, 1.82) is 0 Å². The van der Waals surface area contributed by atoms with E-state index in [9.17, 15) is 0 Å². The Kier molecular flexibility index (Phi) is 3.98. The van der Waals surface area contributed by atoms with Crippen LogP contribution in [-0.2, 0) is 14.2 Å². The molecule has 0 aromatic rings. The molecule has 1 fully saturated rings. The molecule has 0 bridgehead atoms. The topological polar surface area (TPSA) is 31.0 Å². The third kappa shape index (κ3) is 4.70.